The minimum atomic E-state index is 0.312. The molecule has 1 aromatic heterocycles. The number of nitrogens with one attached hydrogen (secondary N) is 1. The molecule has 2 aromatic carbocycles. The van der Waals surface area contributed by atoms with Gasteiger partial charge in [-0.1, -0.05) is 36.4 Å². The van der Waals surface area contributed by atoms with E-state index >= 15 is 0 Å². The van der Waals surface area contributed by atoms with Gasteiger partial charge in [-0.25, -0.2) is 0 Å². The first kappa shape index (κ1) is 13.5. The largest absolute Gasteiger partial charge is 0.316 e. The second-order valence-corrected chi connectivity index (χ2v) is 6.14. The molecule has 22 heavy (non-hydrogen) atoms. The van der Waals surface area contributed by atoms with E-state index in [-0.39, 0.29) is 0 Å². The molecule has 0 aliphatic carbocycles. The number of nitrogens with zero attached hydrogens (tertiary/aromatic N) is 2. The topological polar surface area (TPSA) is 29.9 Å². The maximum absolute atomic E-state index is 4.54. The van der Waals surface area contributed by atoms with Gasteiger partial charge in [-0.15, -0.1) is 0 Å². The second kappa shape index (κ2) is 5.93. The summed E-state index contributed by atoms with van der Waals surface area (Å²) in [5.74, 6) is 0.592. The van der Waals surface area contributed by atoms with Crippen molar-refractivity contribution in [2.45, 2.75) is 18.9 Å². The highest BCUT2D eigenvalue weighted by atomic mass is 15.3. The van der Waals surface area contributed by atoms with Gasteiger partial charge in [-0.2, -0.15) is 5.10 Å². The van der Waals surface area contributed by atoms with Crippen LogP contribution in [0.3, 0.4) is 0 Å². The van der Waals surface area contributed by atoms with E-state index in [0.29, 0.717) is 12.0 Å². The summed E-state index contributed by atoms with van der Waals surface area (Å²) in [4.78, 5) is 0. The van der Waals surface area contributed by atoms with Crippen LogP contribution in [0.25, 0.3) is 10.8 Å². The Morgan fingerprint density at radius 1 is 1.09 bits per heavy atom. The molecule has 1 unspecified atom stereocenters. The van der Waals surface area contributed by atoms with Gasteiger partial charge in [0.25, 0.3) is 0 Å². The molecule has 2 atom stereocenters. The van der Waals surface area contributed by atoms with Gasteiger partial charge < -0.3 is 5.32 Å². The van der Waals surface area contributed by atoms with E-state index in [1.54, 1.807) is 0 Å². The van der Waals surface area contributed by atoms with Crippen LogP contribution in [-0.4, -0.2) is 22.9 Å². The molecule has 112 valence electrons. The summed E-state index contributed by atoms with van der Waals surface area (Å²) in [6.45, 7) is 2.21. The Morgan fingerprint density at radius 3 is 2.77 bits per heavy atom. The zero-order valence-corrected chi connectivity index (χ0v) is 12.7. The van der Waals surface area contributed by atoms with Crippen LogP contribution in [-0.2, 0) is 0 Å². The van der Waals surface area contributed by atoms with E-state index < -0.39 is 0 Å². The van der Waals surface area contributed by atoms with Crippen molar-refractivity contribution in [2.24, 2.45) is 5.92 Å². The fourth-order valence-corrected chi connectivity index (χ4v) is 3.63. The third-order valence-electron chi connectivity index (χ3n) is 4.71. The molecule has 0 amide bonds. The van der Waals surface area contributed by atoms with Crippen LogP contribution in [0, 0.1) is 5.92 Å². The molecule has 1 fully saturated rings. The van der Waals surface area contributed by atoms with Crippen molar-refractivity contribution < 1.29 is 0 Å². The molecule has 0 saturated carbocycles. The van der Waals surface area contributed by atoms with Gasteiger partial charge in [-0.05, 0) is 53.8 Å². The SMILES string of the molecule is c1ccc2cc(C([C@H]3CCCNC3)n3cccn3)ccc2c1. The van der Waals surface area contributed by atoms with Gasteiger partial charge in [-0.3, -0.25) is 4.68 Å². The van der Waals surface area contributed by atoms with E-state index in [2.05, 4.69) is 63.8 Å². The molecule has 2 heterocycles. The van der Waals surface area contributed by atoms with Gasteiger partial charge in [0.05, 0.1) is 6.04 Å². The Hall–Kier alpha value is -2.13. The normalized spacial score (nSPS) is 20.1. The zero-order chi connectivity index (χ0) is 14.8. The van der Waals surface area contributed by atoms with E-state index in [0.717, 1.165) is 13.1 Å². The standard InChI is InChI=1S/C19H21N3/c1-2-6-16-13-17(9-8-15(16)5-1)19(22-12-4-11-21-22)18-7-3-10-20-14-18/h1-2,4-6,8-9,11-13,18-20H,3,7,10,14H2/t18-,19?/m0/s1. The molecule has 0 spiro atoms. The van der Waals surface area contributed by atoms with Crippen molar-refractivity contribution >= 4 is 10.8 Å². The average molecular weight is 291 g/mol. The highest BCUT2D eigenvalue weighted by Gasteiger charge is 2.26. The van der Waals surface area contributed by atoms with Crippen molar-refractivity contribution in [3.8, 4) is 0 Å². The minimum Gasteiger partial charge on any atom is -0.316 e. The molecule has 1 N–H and O–H groups in total. The van der Waals surface area contributed by atoms with E-state index in [1.807, 2.05) is 12.3 Å². The molecule has 3 aromatic rings. The van der Waals surface area contributed by atoms with Gasteiger partial charge >= 0.3 is 0 Å². The quantitative estimate of drug-likeness (QED) is 0.798. The highest BCUT2D eigenvalue weighted by Crippen LogP contribution is 2.32. The Bertz CT molecular complexity index is 742. The van der Waals surface area contributed by atoms with Crippen LogP contribution in [0.5, 0.6) is 0 Å². The monoisotopic (exact) mass is 291 g/mol. The molecule has 1 aliphatic rings. The van der Waals surface area contributed by atoms with Gasteiger partial charge in [0.15, 0.2) is 0 Å². The predicted molar refractivity (Wildman–Crippen MR) is 89.9 cm³/mol. The number of aromatic nitrogens is 2. The van der Waals surface area contributed by atoms with E-state index in [1.165, 1.54) is 29.2 Å². The number of rotatable bonds is 3. The molecular formula is C19H21N3. The first-order valence-corrected chi connectivity index (χ1v) is 8.10. The smallest absolute Gasteiger partial charge is 0.0808 e. The first-order valence-electron chi connectivity index (χ1n) is 8.10. The van der Waals surface area contributed by atoms with Crippen LogP contribution in [0.15, 0.2) is 60.9 Å². The van der Waals surface area contributed by atoms with Crippen LogP contribution in [0.2, 0.25) is 0 Å². The third kappa shape index (κ3) is 2.53. The molecule has 3 nitrogen and oxygen atoms in total. The molecular weight excluding hydrogens is 270 g/mol. The summed E-state index contributed by atoms with van der Waals surface area (Å²) in [6, 6.07) is 17.7. The Labute approximate surface area is 131 Å². The van der Waals surface area contributed by atoms with Crippen molar-refractivity contribution in [1.82, 2.24) is 15.1 Å². The van der Waals surface area contributed by atoms with Crippen molar-refractivity contribution in [1.29, 1.82) is 0 Å². The summed E-state index contributed by atoms with van der Waals surface area (Å²) in [7, 11) is 0. The lowest BCUT2D eigenvalue weighted by atomic mass is 9.86. The summed E-state index contributed by atoms with van der Waals surface area (Å²) in [6.07, 6.45) is 6.47. The van der Waals surface area contributed by atoms with Gasteiger partial charge in [0.1, 0.15) is 0 Å². The highest BCUT2D eigenvalue weighted by molar-refractivity contribution is 5.83. The lowest BCUT2D eigenvalue weighted by Crippen LogP contribution is -2.35. The van der Waals surface area contributed by atoms with Crippen molar-refractivity contribution in [3.63, 3.8) is 0 Å². The fraction of sp³-hybridized carbons (Fsp3) is 0.316. The third-order valence-corrected chi connectivity index (χ3v) is 4.71. The minimum absolute atomic E-state index is 0.312. The van der Waals surface area contributed by atoms with Crippen molar-refractivity contribution in [2.75, 3.05) is 13.1 Å². The second-order valence-electron chi connectivity index (χ2n) is 6.14. The van der Waals surface area contributed by atoms with E-state index in [4.69, 9.17) is 0 Å². The Balaban J connectivity index is 1.78. The van der Waals surface area contributed by atoms with Gasteiger partial charge in [0, 0.05) is 18.9 Å². The maximum Gasteiger partial charge on any atom is 0.0808 e. The lowest BCUT2D eigenvalue weighted by Gasteiger charge is -2.31. The van der Waals surface area contributed by atoms with Crippen LogP contribution >= 0.6 is 0 Å². The summed E-state index contributed by atoms with van der Waals surface area (Å²) in [5.41, 5.74) is 1.36. The number of piperidine rings is 1. The number of fused-ring (bicyclic) bond motifs is 1. The predicted octanol–water partition coefficient (Wildman–Crippen LogP) is 3.63. The fourth-order valence-electron chi connectivity index (χ4n) is 3.63. The number of benzene rings is 2. The van der Waals surface area contributed by atoms with E-state index in [9.17, 15) is 0 Å². The zero-order valence-electron chi connectivity index (χ0n) is 12.7. The van der Waals surface area contributed by atoms with Crippen LogP contribution < -0.4 is 5.32 Å². The maximum atomic E-state index is 4.54. The lowest BCUT2D eigenvalue weighted by molar-refractivity contribution is 0.282. The molecule has 1 aliphatic heterocycles. The molecule has 0 bridgehead atoms. The summed E-state index contributed by atoms with van der Waals surface area (Å²) >= 11 is 0. The number of hydrogen-bond donors (Lipinski definition) is 1. The molecule has 3 heteroatoms. The Kier molecular flexibility index (Phi) is 3.65. The Morgan fingerprint density at radius 2 is 2.00 bits per heavy atom. The van der Waals surface area contributed by atoms with Crippen LogP contribution in [0.4, 0.5) is 0 Å². The molecule has 1 saturated heterocycles. The molecule has 0 radical (unpaired) electrons. The first-order chi connectivity index (χ1) is 10.9. The van der Waals surface area contributed by atoms with Gasteiger partial charge in [0.2, 0.25) is 0 Å². The average Bonchev–Trinajstić information content (AvgIpc) is 3.10. The van der Waals surface area contributed by atoms with Crippen molar-refractivity contribution in [3.05, 3.63) is 66.5 Å². The van der Waals surface area contributed by atoms with Crippen LogP contribution in [0.1, 0.15) is 24.4 Å². The summed E-state index contributed by atoms with van der Waals surface area (Å²) in [5, 5.41) is 10.7. The molecule has 4 rings (SSSR count). The number of hydrogen-bond acceptors (Lipinski definition) is 2. The summed E-state index contributed by atoms with van der Waals surface area (Å²) < 4.78 is 2.13.